The summed E-state index contributed by atoms with van der Waals surface area (Å²) in [7, 11) is 3.20. The monoisotopic (exact) mass is 348 g/mol. The van der Waals surface area contributed by atoms with Gasteiger partial charge in [-0.3, -0.25) is 14.3 Å². The molecule has 0 aliphatic carbocycles. The molecule has 0 unspecified atom stereocenters. The predicted octanol–water partition coefficient (Wildman–Crippen LogP) is 2.78. The van der Waals surface area contributed by atoms with Gasteiger partial charge in [0, 0.05) is 24.1 Å². The standard InChI is InChI=1S/C16H17ClN4O3/c1-8-6-12(22)18-15-13(8)14(20-21(15)2)19-16(23)10-7-9(17)4-5-11(10)24-3/h4-5,7-8H,6H2,1-3H3,(H,18,22)(H,19,20,23)/t8-/m1/s1. The topological polar surface area (TPSA) is 85.2 Å². The van der Waals surface area contributed by atoms with Crippen molar-refractivity contribution in [2.45, 2.75) is 19.3 Å². The van der Waals surface area contributed by atoms with E-state index in [0.29, 0.717) is 34.4 Å². The quantitative estimate of drug-likeness (QED) is 0.893. The Morgan fingerprint density at radius 2 is 2.25 bits per heavy atom. The van der Waals surface area contributed by atoms with E-state index in [1.165, 1.54) is 13.2 Å². The van der Waals surface area contributed by atoms with Gasteiger partial charge in [0.15, 0.2) is 5.82 Å². The first-order valence-electron chi connectivity index (χ1n) is 7.42. The zero-order valence-corrected chi connectivity index (χ0v) is 14.3. The third-order valence-electron chi connectivity index (χ3n) is 3.96. The summed E-state index contributed by atoms with van der Waals surface area (Å²) in [5.41, 5.74) is 1.13. The molecule has 1 aromatic carbocycles. The van der Waals surface area contributed by atoms with Crippen molar-refractivity contribution in [3.05, 3.63) is 34.3 Å². The molecule has 7 nitrogen and oxygen atoms in total. The number of nitrogens with zero attached hydrogens (tertiary/aromatic N) is 2. The zero-order chi connectivity index (χ0) is 17.4. The molecular formula is C16H17ClN4O3. The smallest absolute Gasteiger partial charge is 0.260 e. The highest BCUT2D eigenvalue weighted by atomic mass is 35.5. The van der Waals surface area contributed by atoms with Gasteiger partial charge in [-0.2, -0.15) is 5.10 Å². The fourth-order valence-electron chi connectivity index (χ4n) is 2.84. The number of halogens is 1. The number of aromatic nitrogens is 2. The van der Waals surface area contributed by atoms with Crippen LogP contribution in [-0.4, -0.2) is 28.7 Å². The molecule has 24 heavy (non-hydrogen) atoms. The molecule has 0 saturated heterocycles. The second kappa shape index (κ2) is 6.16. The number of hydrogen-bond donors (Lipinski definition) is 2. The van der Waals surface area contributed by atoms with E-state index in [-0.39, 0.29) is 17.7 Å². The van der Waals surface area contributed by atoms with Crippen LogP contribution >= 0.6 is 11.6 Å². The molecule has 126 valence electrons. The molecule has 2 heterocycles. The van der Waals surface area contributed by atoms with E-state index in [1.807, 2.05) is 6.92 Å². The third-order valence-corrected chi connectivity index (χ3v) is 4.20. The third kappa shape index (κ3) is 2.82. The Kier molecular flexibility index (Phi) is 4.19. The Balaban J connectivity index is 1.95. The van der Waals surface area contributed by atoms with E-state index in [9.17, 15) is 9.59 Å². The predicted molar refractivity (Wildman–Crippen MR) is 90.8 cm³/mol. The maximum Gasteiger partial charge on any atom is 0.260 e. The molecule has 1 aromatic heterocycles. The van der Waals surface area contributed by atoms with Crippen molar-refractivity contribution in [1.82, 2.24) is 9.78 Å². The number of carbonyl (C=O) groups is 2. The summed E-state index contributed by atoms with van der Waals surface area (Å²) in [5.74, 6) is 0.966. The Morgan fingerprint density at radius 1 is 1.50 bits per heavy atom. The molecule has 0 fully saturated rings. The van der Waals surface area contributed by atoms with Crippen LogP contribution in [0.5, 0.6) is 5.75 Å². The average molecular weight is 349 g/mol. The SMILES string of the molecule is COc1ccc(Cl)cc1C(=O)Nc1nn(C)c2c1[C@H](C)CC(=O)N2. The van der Waals surface area contributed by atoms with E-state index in [0.717, 1.165) is 5.56 Å². The van der Waals surface area contributed by atoms with Crippen LogP contribution in [-0.2, 0) is 11.8 Å². The highest BCUT2D eigenvalue weighted by Gasteiger charge is 2.30. The second-order valence-corrected chi connectivity index (χ2v) is 6.12. The minimum atomic E-state index is -0.376. The first-order chi connectivity index (χ1) is 11.4. The number of carbonyl (C=O) groups excluding carboxylic acids is 2. The Labute approximate surface area is 143 Å². The van der Waals surface area contributed by atoms with Gasteiger partial charge in [-0.15, -0.1) is 0 Å². The van der Waals surface area contributed by atoms with E-state index in [2.05, 4.69) is 15.7 Å². The van der Waals surface area contributed by atoms with Gasteiger partial charge in [-0.05, 0) is 24.1 Å². The van der Waals surface area contributed by atoms with Gasteiger partial charge in [0.25, 0.3) is 5.91 Å². The van der Waals surface area contributed by atoms with Crippen molar-refractivity contribution in [2.24, 2.45) is 7.05 Å². The molecule has 0 saturated carbocycles. The lowest BCUT2D eigenvalue weighted by Gasteiger charge is -2.20. The van der Waals surface area contributed by atoms with Gasteiger partial charge in [0.05, 0.1) is 12.7 Å². The van der Waals surface area contributed by atoms with Gasteiger partial charge >= 0.3 is 0 Å². The number of benzene rings is 1. The molecule has 2 aromatic rings. The fourth-order valence-corrected chi connectivity index (χ4v) is 3.02. The van der Waals surface area contributed by atoms with Crippen LogP contribution in [0.3, 0.4) is 0 Å². The number of aryl methyl sites for hydroxylation is 1. The first-order valence-corrected chi connectivity index (χ1v) is 7.80. The fraction of sp³-hybridized carbons (Fsp3) is 0.312. The molecular weight excluding hydrogens is 332 g/mol. The summed E-state index contributed by atoms with van der Waals surface area (Å²) < 4.78 is 6.76. The number of nitrogens with one attached hydrogen (secondary N) is 2. The van der Waals surface area contributed by atoms with Crippen LogP contribution in [0.2, 0.25) is 5.02 Å². The molecule has 1 atom stereocenters. The summed E-state index contributed by atoms with van der Waals surface area (Å²) in [6.45, 7) is 1.93. The first kappa shape index (κ1) is 16.3. The lowest BCUT2D eigenvalue weighted by atomic mass is 9.95. The number of fused-ring (bicyclic) bond motifs is 1. The van der Waals surface area contributed by atoms with Gasteiger partial charge in [-0.25, -0.2) is 0 Å². The Hall–Kier alpha value is -2.54. The van der Waals surface area contributed by atoms with Gasteiger partial charge < -0.3 is 15.4 Å². The number of hydrogen-bond acceptors (Lipinski definition) is 4. The Morgan fingerprint density at radius 3 is 2.96 bits per heavy atom. The number of rotatable bonds is 3. The molecule has 1 aliphatic heterocycles. The molecule has 0 spiro atoms. The van der Waals surface area contributed by atoms with Crippen molar-refractivity contribution >= 4 is 35.1 Å². The van der Waals surface area contributed by atoms with Gasteiger partial charge in [0.2, 0.25) is 5.91 Å². The summed E-state index contributed by atoms with van der Waals surface area (Å²) in [4.78, 5) is 24.3. The Bertz CT molecular complexity index is 831. The van der Waals surface area contributed by atoms with Crippen LogP contribution in [0.4, 0.5) is 11.6 Å². The number of ether oxygens (including phenoxy) is 1. The molecule has 1 aliphatic rings. The highest BCUT2D eigenvalue weighted by molar-refractivity contribution is 6.31. The number of amides is 2. The molecule has 8 heteroatoms. The van der Waals surface area contributed by atoms with Crippen LogP contribution in [0, 0.1) is 0 Å². The van der Waals surface area contributed by atoms with Crippen molar-refractivity contribution in [2.75, 3.05) is 17.7 Å². The molecule has 0 bridgehead atoms. The lowest BCUT2D eigenvalue weighted by Crippen LogP contribution is -2.23. The minimum absolute atomic E-state index is 0.0426. The van der Waals surface area contributed by atoms with E-state index in [1.54, 1.807) is 23.9 Å². The normalized spacial score (nSPS) is 16.3. The van der Waals surface area contributed by atoms with E-state index < -0.39 is 0 Å². The van der Waals surface area contributed by atoms with Crippen LogP contribution in [0.1, 0.15) is 35.2 Å². The zero-order valence-electron chi connectivity index (χ0n) is 13.5. The highest BCUT2D eigenvalue weighted by Crippen LogP contribution is 2.37. The summed E-state index contributed by atoms with van der Waals surface area (Å²) in [5, 5.41) is 10.3. The maximum absolute atomic E-state index is 12.6. The minimum Gasteiger partial charge on any atom is -0.496 e. The van der Waals surface area contributed by atoms with Crippen LogP contribution < -0.4 is 15.4 Å². The number of methoxy groups -OCH3 is 1. The number of anilines is 2. The van der Waals surface area contributed by atoms with E-state index >= 15 is 0 Å². The summed E-state index contributed by atoms with van der Waals surface area (Å²) in [6, 6.07) is 4.82. The summed E-state index contributed by atoms with van der Waals surface area (Å²) >= 11 is 5.98. The lowest BCUT2D eigenvalue weighted by molar-refractivity contribution is -0.116. The second-order valence-electron chi connectivity index (χ2n) is 5.69. The molecule has 0 radical (unpaired) electrons. The van der Waals surface area contributed by atoms with Crippen molar-refractivity contribution in [1.29, 1.82) is 0 Å². The van der Waals surface area contributed by atoms with Crippen LogP contribution in [0.25, 0.3) is 0 Å². The molecule has 2 amide bonds. The summed E-state index contributed by atoms with van der Waals surface area (Å²) in [6.07, 6.45) is 0.349. The van der Waals surface area contributed by atoms with Crippen LogP contribution in [0.15, 0.2) is 18.2 Å². The maximum atomic E-state index is 12.6. The largest absolute Gasteiger partial charge is 0.496 e. The van der Waals surface area contributed by atoms with Crippen molar-refractivity contribution in [3.63, 3.8) is 0 Å². The van der Waals surface area contributed by atoms with E-state index in [4.69, 9.17) is 16.3 Å². The van der Waals surface area contributed by atoms with Gasteiger partial charge in [-0.1, -0.05) is 18.5 Å². The van der Waals surface area contributed by atoms with Gasteiger partial charge in [0.1, 0.15) is 11.6 Å². The molecule has 2 N–H and O–H groups in total. The average Bonchev–Trinajstić information content (AvgIpc) is 2.83. The van der Waals surface area contributed by atoms with Crippen molar-refractivity contribution < 1.29 is 14.3 Å². The molecule has 3 rings (SSSR count). The van der Waals surface area contributed by atoms with Crippen molar-refractivity contribution in [3.8, 4) is 5.75 Å².